The summed E-state index contributed by atoms with van der Waals surface area (Å²) in [5, 5.41) is 36.7. The van der Waals surface area contributed by atoms with Crippen molar-refractivity contribution >= 4 is 57.7 Å². The van der Waals surface area contributed by atoms with E-state index in [1.54, 1.807) is 35.2 Å². The number of fused-ring (bicyclic) bond motifs is 1. The van der Waals surface area contributed by atoms with E-state index in [9.17, 15) is 34.5 Å². The van der Waals surface area contributed by atoms with E-state index in [0.717, 1.165) is 28.0 Å². The van der Waals surface area contributed by atoms with Gasteiger partial charge in [0.05, 0.1) is 5.57 Å². The SMILES string of the molecule is CC(C)(O/N=C(\C(=O)N[C@@H]1C(=O)N2C(C(=O)O)=C(C[n+]3ccccc3)C(O)S[C@H]12)c1csc(N)n1)C(=O)O. The number of aliphatic hydroxyl groups is 1. The van der Waals surface area contributed by atoms with E-state index in [4.69, 9.17) is 10.6 Å². The van der Waals surface area contributed by atoms with Crippen LogP contribution in [0.25, 0.3) is 0 Å². The molecular weight excluding hydrogens is 540 g/mol. The summed E-state index contributed by atoms with van der Waals surface area (Å²) in [6.07, 6.45) is 3.38. The molecular formula is C22H23N6O8S2+. The number of thioether (sulfide) groups is 1. The zero-order valence-electron chi connectivity index (χ0n) is 20.0. The molecule has 2 aliphatic heterocycles. The first-order valence-corrected chi connectivity index (χ1v) is 12.8. The molecule has 0 aliphatic carbocycles. The summed E-state index contributed by atoms with van der Waals surface area (Å²) >= 11 is 1.90. The van der Waals surface area contributed by atoms with E-state index < -0.39 is 51.9 Å². The second-order valence-corrected chi connectivity index (χ2v) is 10.8. The third kappa shape index (κ3) is 5.18. The number of carboxylic acid groups (broad SMARTS) is 2. The van der Waals surface area contributed by atoms with Crippen molar-refractivity contribution in [1.82, 2.24) is 15.2 Å². The van der Waals surface area contributed by atoms with Crippen LogP contribution in [0.5, 0.6) is 0 Å². The number of amides is 2. The van der Waals surface area contributed by atoms with E-state index in [1.807, 2.05) is 0 Å². The minimum absolute atomic E-state index is 0.0144. The Balaban J connectivity index is 1.59. The number of thiazole rings is 1. The number of oxime groups is 1. The van der Waals surface area contributed by atoms with Gasteiger partial charge < -0.3 is 31.2 Å². The molecule has 2 amide bonds. The molecule has 200 valence electrons. The van der Waals surface area contributed by atoms with Gasteiger partial charge in [-0.1, -0.05) is 23.0 Å². The highest BCUT2D eigenvalue weighted by atomic mass is 32.2. The van der Waals surface area contributed by atoms with Crippen molar-refractivity contribution < 1.29 is 43.9 Å². The maximum Gasteiger partial charge on any atom is 0.352 e. The molecule has 4 heterocycles. The number of aliphatic carboxylic acids is 2. The number of carbonyl (C=O) groups is 4. The maximum absolute atomic E-state index is 13.1. The number of hydrogen-bond donors (Lipinski definition) is 5. The Hall–Kier alpha value is -4.02. The molecule has 1 saturated heterocycles. The number of carboxylic acids is 2. The summed E-state index contributed by atoms with van der Waals surface area (Å²) in [5.74, 6) is -4.38. The van der Waals surface area contributed by atoms with E-state index in [0.29, 0.717) is 0 Å². The van der Waals surface area contributed by atoms with Crippen LogP contribution in [0.4, 0.5) is 5.13 Å². The van der Waals surface area contributed by atoms with Gasteiger partial charge in [-0.2, -0.15) is 0 Å². The lowest BCUT2D eigenvalue weighted by atomic mass is 10.0. The molecule has 38 heavy (non-hydrogen) atoms. The van der Waals surface area contributed by atoms with Gasteiger partial charge in [-0.25, -0.2) is 19.1 Å². The van der Waals surface area contributed by atoms with Crippen molar-refractivity contribution in [2.45, 2.75) is 42.8 Å². The fourth-order valence-corrected chi connectivity index (χ4v) is 5.43. The second kappa shape index (κ2) is 10.4. The zero-order valence-corrected chi connectivity index (χ0v) is 21.6. The van der Waals surface area contributed by atoms with Crippen molar-refractivity contribution in [2.24, 2.45) is 5.16 Å². The summed E-state index contributed by atoms with van der Waals surface area (Å²) in [6.45, 7) is 2.48. The lowest BCUT2D eigenvalue weighted by Gasteiger charge is -2.50. The van der Waals surface area contributed by atoms with Crippen molar-refractivity contribution in [1.29, 1.82) is 0 Å². The first-order chi connectivity index (χ1) is 17.9. The number of carbonyl (C=O) groups excluding carboxylic acids is 2. The molecule has 0 spiro atoms. The summed E-state index contributed by atoms with van der Waals surface area (Å²) in [7, 11) is 0. The molecule has 6 N–H and O–H groups in total. The van der Waals surface area contributed by atoms with Gasteiger partial charge in [0.15, 0.2) is 29.8 Å². The first-order valence-electron chi connectivity index (χ1n) is 11.0. The Kier molecular flexibility index (Phi) is 7.39. The Morgan fingerprint density at radius 3 is 2.53 bits per heavy atom. The number of nitrogen functional groups attached to an aromatic ring is 1. The third-order valence-electron chi connectivity index (χ3n) is 5.63. The van der Waals surface area contributed by atoms with Gasteiger partial charge in [-0.05, 0) is 13.8 Å². The van der Waals surface area contributed by atoms with Crippen LogP contribution in [0.1, 0.15) is 19.5 Å². The third-order valence-corrected chi connectivity index (χ3v) is 7.61. The number of aliphatic hydroxyl groups excluding tert-OH is 1. The van der Waals surface area contributed by atoms with Gasteiger partial charge in [0.2, 0.25) is 5.60 Å². The maximum atomic E-state index is 13.1. The number of nitrogens with one attached hydrogen (secondary N) is 1. The predicted octanol–water partition coefficient (Wildman–Crippen LogP) is -0.646. The monoisotopic (exact) mass is 563 g/mol. The lowest BCUT2D eigenvalue weighted by molar-refractivity contribution is -0.689. The summed E-state index contributed by atoms with van der Waals surface area (Å²) in [5.41, 5.74) is 1.91. The Labute approximate surface area is 223 Å². The molecule has 16 heteroatoms. The smallest absolute Gasteiger partial charge is 0.352 e. The van der Waals surface area contributed by atoms with Crippen LogP contribution in [0.3, 0.4) is 0 Å². The molecule has 4 rings (SSSR count). The molecule has 0 bridgehead atoms. The minimum Gasteiger partial charge on any atom is -0.478 e. The summed E-state index contributed by atoms with van der Waals surface area (Å²) in [4.78, 5) is 59.8. The highest BCUT2D eigenvalue weighted by molar-refractivity contribution is 8.00. The van der Waals surface area contributed by atoms with Crippen LogP contribution in [-0.4, -0.2) is 77.1 Å². The lowest BCUT2D eigenvalue weighted by Crippen LogP contribution is -2.71. The van der Waals surface area contributed by atoms with Gasteiger partial charge >= 0.3 is 11.9 Å². The van der Waals surface area contributed by atoms with E-state index in [2.05, 4.69) is 15.5 Å². The Bertz CT molecular complexity index is 1360. The van der Waals surface area contributed by atoms with Gasteiger partial charge in [0.1, 0.15) is 28.2 Å². The number of nitrogens with zero attached hydrogens (tertiary/aromatic N) is 4. The fourth-order valence-electron chi connectivity index (χ4n) is 3.60. The van der Waals surface area contributed by atoms with Crippen LogP contribution >= 0.6 is 23.1 Å². The topological polar surface area (TPSA) is 209 Å². The largest absolute Gasteiger partial charge is 0.478 e. The van der Waals surface area contributed by atoms with Crippen LogP contribution < -0.4 is 15.6 Å². The van der Waals surface area contributed by atoms with Crippen molar-refractivity contribution in [3.63, 3.8) is 0 Å². The highest BCUT2D eigenvalue weighted by Gasteiger charge is 2.57. The Morgan fingerprint density at radius 1 is 1.26 bits per heavy atom. The first kappa shape index (κ1) is 27.0. The molecule has 0 aromatic carbocycles. The van der Waals surface area contributed by atoms with Crippen molar-refractivity contribution in [3.8, 4) is 0 Å². The van der Waals surface area contributed by atoms with Gasteiger partial charge in [-0.3, -0.25) is 14.5 Å². The average molecular weight is 564 g/mol. The number of β-lactam (4-membered cyclic amide) rings is 1. The van der Waals surface area contributed by atoms with Crippen LogP contribution in [0.2, 0.25) is 0 Å². The Morgan fingerprint density at radius 2 is 1.95 bits per heavy atom. The average Bonchev–Trinajstić information content (AvgIpc) is 3.29. The molecule has 14 nitrogen and oxygen atoms in total. The molecule has 0 radical (unpaired) electrons. The molecule has 2 aromatic heterocycles. The fraction of sp³-hybridized carbons (Fsp3) is 0.318. The van der Waals surface area contributed by atoms with E-state index in [-0.39, 0.29) is 28.6 Å². The van der Waals surface area contributed by atoms with Crippen molar-refractivity contribution in [2.75, 3.05) is 5.73 Å². The minimum atomic E-state index is -1.78. The number of nitrogens with two attached hydrogens (primary N) is 1. The molecule has 2 aromatic rings. The second-order valence-electron chi connectivity index (χ2n) is 8.68. The zero-order chi connectivity index (χ0) is 27.8. The van der Waals surface area contributed by atoms with Crippen LogP contribution in [0, 0.1) is 0 Å². The number of aromatic nitrogens is 2. The van der Waals surface area contributed by atoms with Gasteiger partial charge in [0, 0.05) is 17.5 Å². The quantitative estimate of drug-likeness (QED) is 0.112. The number of hydrogen-bond acceptors (Lipinski definition) is 11. The predicted molar refractivity (Wildman–Crippen MR) is 133 cm³/mol. The van der Waals surface area contributed by atoms with Crippen LogP contribution in [0.15, 0.2) is 52.4 Å². The van der Waals surface area contributed by atoms with E-state index >= 15 is 0 Å². The standard InChI is InChI=1S/C22H22N6O8S2/c1-22(2,20(34)35)36-26-12(11-9-37-21(23)24-11)15(29)25-13-16(30)28-14(18(31)32)10(19(33)38-17(13)28)8-27-6-4-3-5-7-27/h3-7,9,13,17,19,33H,8H2,1-2H3,(H4-,23,24,25,29,31,32,34,35)/p+1/b26-12-/t13-,17-,19?/m1/s1. The van der Waals surface area contributed by atoms with Crippen LogP contribution in [-0.2, 0) is 30.6 Å². The normalized spacial score (nSPS) is 21.4. The number of rotatable bonds is 9. The summed E-state index contributed by atoms with van der Waals surface area (Å²) < 4.78 is 1.66. The molecule has 1 unspecified atom stereocenters. The molecule has 1 fully saturated rings. The highest BCUT2D eigenvalue weighted by Crippen LogP contribution is 2.43. The van der Waals surface area contributed by atoms with Gasteiger partial charge in [0.25, 0.3) is 11.8 Å². The molecule has 3 atom stereocenters. The van der Waals surface area contributed by atoms with E-state index in [1.165, 1.54) is 19.2 Å². The molecule has 0 saturated carbocycles. The van der Waals surface area contributed by atoms with Crippen molar-refractivity contribution in [3.05, 3.63) is 52.9 Å². The summed E-state index contributed by atoms with van der Waals surface area (Å²) in [6, 6.07) is 4.05. The van der Waals surface area contributed by atoms with Gasteiger partial charge in [-0.15, -0.1) is 11.3 Å². The molecule has 2 aliphatic rings. The number of pyridine rings is 1. The number of anilines is 1.